The molecule has 6 aromatic rings. The van der Waals surface area contributed by atoms with Gasteiger partial charge in [-0.15, -0.1) is 0 Å². The van der Waals surface area contributed by atoms with Crippen molar-refractivity contribution < 1.29 is 91.7 Å². The number of nitrogens with zero attached hydrogens (tertiary/aromatic N) is 6. The molecule has 16 amide bonds. The third-order valence-corrected chi connectivity index (χ3v) is 24.2. The van der Waals surface area contributed by atoms with Crippen molar-refractivity contribution in [3.63, 3.8) is 0 Å². The molecule has 0 aliphatic carbocycles. The molecule has 716 valence electrons. The number of H-pyrrole nitrogens is 3. The molecule has 3 aromatic carbocycles. The molecule has 3 aliphatic rings. The standard InChI is InChI=1S/C92H129N21O19/c1-11-13-26-73-85(125)105-67(37-52(3)4)83(123)103-65(81(121)98-47-77(93)117)25-19-34-94-48-78(118)101-71(39-55-29-31-59(115)32-30-55)88(128)109(8)54(7)80(120)104-66(33-36-114)90(130)112-35-20-28-74(112)86(126)107-69(42-58-46-95-51-100-58)84(124)108-70(38-53(5)6)91(131)113-50-60(116)43-76(113)87(127)106-68(40-56-44-96-63-23-17-15-21-61(56)63)82(122)99-49-79(119)102-72(41-57-45-97-64-24-18-16-22-62(57)64)89(129)111(10)75(27-14-12-2)92(132)110(73)9/h15-18,21-24,29-32,36,44-46,51-54,60,65-76,94,96-97,115-116H,11-14,19-20,25-28,33-35,37-43,47-50H2,1-10H3,(H2,93,117)(H,95,100)(H,98,121)(H,99,122)(H,101,118)(H,102,119)(H,103,123)(H,104,120)(H,105,125)(H,106,127)(H,107,126)(H,108,124)/t54-,60+,65-,66?,67-,68-,69-,70-,71-,72-,73-,74-,75-,76-/m0/s1. The fourth-order valence-corrected chi connectivity index (χ4v) is 16.9. The second kappa shape index (κ2) is 49.2. The van der Waals surface area contributed by atoms with Gasteiger partial charge in [-0.1, -0.05) is 116 Å². The smallest absolute Gasteiger partial charge is 0.246 e. The van der Waals surface area contributed by atoms with Crippen molar-refractivity contribution >= 4 is 123 Å². The summed E-state index contributed by atoms with van der Waals surface area (Å²) >= 11 is 0. The lowest BCUT2D eigenvalue weighted by molar-refractivity contribution is -0.149. The third-order valence-electron chi connectivity index (χ3n) is 24.2. The van der Waals surface area contributed by atoms with Crippen LogP contribution in [0, 0.1) is 11.8 Å². The quantitative estimate of drug-likeness (QED) is 0.0371. The van der Waals surface area contributed by atoms with Gasteiger partial charge in [0.25, 0.3) is 0 Å². The number of phenols is 1. The topological polar surface area (TPSA) is 565 Å². The number of aromatic hydroxyl groups is 1. The molecule has 0 saturated carbocycles. The van der Waals surface area contributed by atoms with E-state index in [1.165, 1.54) is 74.7 Å². The number of para-hydroxylation sites is 2. The number of rotatable bonds is 23. The lowest BCUT2D eigenvalue weighted by Gasteiger charge is -2.36. The number of unbranched alkanes of at least 4 members (excludes halogenated alkanes) is 2. The first kappa shape index (κ1) is 103. The van der Waals surface area contributed by atoms with Crippen LogP contribution in [0.2, 0.25) is 0 Å². The van der Waals surface area contributed by atoms with Crippen molar-refractivity contribution in [3.8, 4) is 5.75 Å². The first-order valence-electron chi connectivity index (χ1n) is 45.3. The summed E-state index contributed by atoms with van der Waals surface area (Å²) in [7, 11) is 4.11. The normalized spacial score (nSPS) is 24.8. The Bertz CT molecular complexity index is 5040. The van der Waals surface area contributed by atoms with Gasteiger partial charge in [-0.2, -0.15) is 0 Å². The Kier molecular flexibility index (Phi) is 38.2. The van der Waals surface area contributed by atoms with Crippen LogP contribution in [0.25, 0.3) is 21.8 Å². The van der Waals surface area contributed by atoms with Crippen LogP contribution in [0.1, 0.15) is 161 Å². The molecule has 3 saturated heterocycles. The van der Waals surface area contributed by atoms with E-state index in [1.807, 2.05) is 32.0 Å². The minimum Gasteiger partial charge on any atom is -0.508 e. The van der Waals surface area contributed by atoms with Crippen LogP contribution in [0.3, 0.4) is 0 Å². The molecule has 40 nitrogen and oxygen atoms in total. The molecule has 40 heteroatoms. The second-order valence-electron chi connectivity index (χ2n) is 35.2. The van der Waals surface area contributed by atoms with Gasteiger partial charge in [0.2, 0.25) is 94.5 Å². The number of aliphatic hydroxyl groups is 1. The van der Waals surface area contributed by atoms with E-state index in [2.05, 4.69) is 78.4 Å². The summed E-state index contributed by atoms with van der Waals surface area (Å²) < 4.78 is 0. The van der Waals surface area contributed by atoms with Gasteiger partial charge < -0.3 is 119 Å². The van der Waals surface area contributed by atoms with Crippen LogP contribution >= 0.6 is 0 Å². The molecule has 1 unspecified atom stereocenters. The first-order chi connectivity index (χ1) is 63.0. The van der Waals surface area contributed by atoms with E-state index in [4.69, 9.17) is 5.73 Å². The van der Waals surface area contributed by atoms with Crippen LogP contribution in [-0.2, 0) is 107 Å². The Labute approximate surface area is 766 Å². The predicted octanol–water partition coefficient (Wildman–Crippen LogP) is -0.157. The highest BCUT2D eigenvalue weighted by molar-refractivity contribution is 6.02. The van der Waals surface area contributed by atoms with Crippen molar-refractivity contribution in [2.45, 2.75) is 249 Å². The highest BCUT2D eigenvalue weighted by atomic mass is 16.3. The fourth-order valence-electron chi connectivity index (χ4n) is 16.9. The maximum absolute atomic E-state index is 15.6. The second-order valence-corrected chi connectivity index (χ2v) is 35.2. The van der Waals surface area contributed by atoms with Crippen LogP contribution in [0.5, 0.6) is 5.75 Å². The summed E-state index contributed by atoms with van der Waals surface area (Å²) in [5.74, 6) is -13.9. The number of hydrogen-bond acceptors (Lipinski definition) is 21. The number of carbonyl (C=O) groups excluding carboxylic acids is 17. The number of aromatic amines is 3. The van der Waals surface area contributed by atoms with Crippen LogP contribution in [0.15, 0.2) is 97.7 Å². The molecule has 0 spiro atoms. The third kappa shape index (κ3) is 28.4. The number of nitrogens with two attached hydrogens (primary N) is 1. The molecular weight excluding hydrogens is 1700 g/mol. The number of aldehydes is 1. The average molecular weight is 1830 g/mol. The molecule has 14 atom stereocenters. The van der Waals surface area contributed by atoms with E-state index in [-0.39, 0.29) is 114 Å². The zero-order valence-corrected chi connectivity index (χ0v) is 76.6. The number of likely N-dealkylation sites (N-methyl/N-ethyl adjacent to an activating group) is 3. The Hall–Kier alpha value is -13.1. The molecule has 3 aromatic heterocycles. The summed E-state index contributed by atoms with van der Waals surface area (Å²) in [6.07, 6.45) is 5.69. The number of aromatic nitrogens is 4. The van der Waals surface area contributed by atoms with Gasteiger partial charge in [0, 0.05) is 119 Å². The molecule has 0 radical (unpaired) electrons. The maximum atomic E-state index is 15.6. The SMILES string of the molecule is CCCC[C@H]1C(=O)N(C)[C@@H](CCCC)C(=O)N[C@@H](CC(C)C)C(=O)N[C@H](C(=O)NCC(N)=O)CCCNCC(=O)N[C@@H](Cc2ccc(O)cc2)C(=O)N(C)[C@@H](C)C(=O)NC(CC=O)C(=O)N2CCC[C@H]2C(=O)N[C@@H](Cc2cnc[nH]2)C(=O)N[C@@H](CC(C)C)C(=O)N2C[C@H](O)C[C@H]2C(=O)N[C@@H](Cc2c[nH]c3ccccc23)C(=O)NCC(=O)N[C@@H](Cc2c[nH]c3ccccc23)C(=O)N1C. The minimum atomic E-state index is -1.61. The van der Waals surface area contributed by atoms with Crippen molar-refractivity contribution in [2.75, 3.05) is 60.4 Å². The maximum Gasteiger partial charge on any atom is 0.246 e. The number of benzene rings is 3. The number of hydrogen-bond donors (Lipinski definition) is 17. The Morgan fingerprint density at radius 2 is 1.08 bits per heavy atom. The minimum absolute atomic E-state index is 0.000866. The van der Waals surface area contributed by atoms with E-state index in [0.29, 0.717) is 76.2 Å². The number of fused-ring (bicyclic) bond motifs is 4. The molecule has 0 bridgehead atoms. The number of carbonyl (C=O) groups is 17. The van der Waals surface area contributed by atoms with Gasteiger partial charge >= 0.3 is 0 Å². The van der Waals surface area contributed by atoms with Gasteiger partial charge in [-0.3, -0.25) is 76.7 Å². The summed E-state index contributed by atoms with van der Waals surface area (Å²) in [5.41, 5.74) is 8.78. The highest BCUT2D eigenvalue weighted by Crippen LogP contribution is 2.28. The van der Waals surface area contributed by atoms with Crippen molar-refractivity contribution in [3.05, 3.63) is 120 Å². The average Bonchev–Trinajstić information content (AvgIpc) is 1.65. The van der Waals surface area contributed by atoms with E-state index in [0.717, 1.165) is 14.7 Å². The van der Waals surface area contributed by atoms with Crippen LogP contribution < -0.4 is 64.2 Å². The Morgan fingerprint density at radius 3 is 1.69 bits per heavy atom. The highest BCUT2D eigenvalue weighted by Gasteiger charge is 2.46. The zero-order valence-electron chi connectivity index (χ0n) is 76.6. The van der Waals surface area contributed by atoms with Gasteiger partial charge in [0.15, 0.2) is 0 Å². The molecule has 3 fully saturated rings. The van der Waals surface area contributed by atoms with Crippen molar-refractivity contribution in [1.29, 1.82) is 0 Å². The lowest BCUT2D eigenvalue weighted by atomic mass is 9.99. The van der Waals surface area contributed by atoms with Crippen LogP contribution in [-0.4, -0.2) is 301 Å². The van der Waals surface area contributed by atoms with Crippen molar-refractivity contribution in [1.82, 2.24) is 103 Å². The largest absolute Gasteiger partial charge is 0.508 e. The zero-order chi connectivity index (χ0) is 96.2. The molecule has 3 aliphatic heterocycles. The molecular formula is C92H129N21O19. The summed E-state index contributed by atoms with van der Waals surface area (Å²) in [6, 6.07) is 1.82. The van der Waals surface area contributed by atoms with Crippen molar-refractivity contribution in [2.24, 2.45) is 17.6 Å². The first-order valence-corrected chi connectivity index (χ1v) is 45.3. The van der Waals surface area contributed by atoms with Gasteiger partial charge in [-0.05, 0) is 118 Å². The van der Waals surface area contributed by atoms with Gasteiger partial charge in [-0.25, -0.2) is 4.98 Å². The van der Waals surface area contributed by atoms with E-state index < -0.39 is 212 Å². The van der Waals surface area contributed by atoms with E-state index in [9.17, 15) is 58.2 Å². The van der Waals surface area contributed by atoms with Gasteiger partial charge in [0.05, 0.1) is 32.1 Å². The molecule has 132 heavy (non-hydrogen) atoms. The van der Waals surface area contributed by atoms with Crippen LogP contribution in [0.4, 0.5) is 0 Å². The number of nitrogens with one attached hydrogen (secondary N) is 14. The number of aliphatic hydroxyl groups excluding tert-OH is 1. The Balaban J connectivity index is 1.06. The number of phenolic OH excluding ortho intramolecular Hbond substituents is 1. The summed E-state index contributed by atoms with van der Waals surface area (Å²) in [4.78, 5) is 267. The molecule has 18 N–H and O–H groups in total. The summed E-state index contributed by atoms with van der Waals surface area (Å²) in [6.45, 7) is 9.95. The number of primary amides is 1. The van der Waals surface area contributed by atoms with E-state index in [1.54, 1.807) is 70.4 Å². The molecule has 9 rings (SSSR count). The monoisotopic (exact) mass is 1830 g/mol. The molecule has 6 heterocycles. The lowest BCUT2D eigenvalue weighted by Crippen LogP contribution is -2.60. The van der Waals surface area contributed by atoms with Gasteiger partial charge in [0.1, 0.15) is 90.6 Å². The number of amides is 16. The Morgan fingerprint density at radius 1 is 0.545 bits per heavy atom. The van der Waals surface area contributed by atoms with E-state index >= 15 is 33.6 Å². The summed E-state index contributed by atoms with van der Waals surface area (Å²) in [5, 5.41) is 53.0. The number of imidazole rings is 1. The fraction of sp³-hybridized carbons (Fsp3) is 0.543. The predicted molar refractivity (Wildman–Crippen MR) is 486 cm³/mol.